The molecule has 0 radical (unpaired) electrons. The van der Waals surface area contributed by atoms with Gasteiger partial charge in [-0.3, -0.25) is 9.59 Å². The van der Waals surface area contributed by atoms with Crippen LogP contribution in [0.2, 0.25) is 0 Å². The molecule has 2 aromatic heterocycles. The van der Waals surface area contributed by atoms with Gasteiger partial charge in [0.05, 0.1) is 12.2 Å². The highest BCUT2D eigenvalue weighted by Gasteiger charge is 2.27. The minimum atomic E-state index is -0.918. The van der Waals surface area contributed by atoms with E-state index >= 15 is 0 Å². The van der Waals surface area contributed by atoms with Gasteiger partial charge in [-0.25, -0.2) is 18.7 Å². The van der Waals surface area contributed by atoms with E-state index in [2.05, 4.69) is 20.6 Å². The lowest BCUT2D eigenvalue weighted by Gasteiger charge is -2.27. The summed E-state index contributed by atoms with van der Waals surface area (Å²) in [6.45, 7) is 0.116. The maximum atomic E-state index is 13.7. The Labute approximate surface area is 174 Å². The third-order valence-electron chi connectivity index (χ3n) is 4.70. The molecule has 1 aromatic carbocycles. The summed E-state index contributed by atoms with van der Waals surface area (Å²) in [6, 6.07) is 7.19. The molecular weight excluding hydrogens is 412 g/mol. The fourth-order valence-corrected chi connectivity index (χ4v) is 3.67. The van der Waals surface area contributed by atoms with E-state index in [0.717, 1.165) is 17.7 Å². The minimum Gasteiger partial charge on any atom is -0.344 e. The molecule has 0 aliphatic carbocycles. The van der Waals surface area contributed by atoms with Crippen molar-refractivity contribution in [3.8, 4) is 0 Å². The van der Waals surface area contributed by atoms with Gasteiger partial charge >= 0.3 is 11.8 Å². The Morgan fingerprint density at radius 3 is 2.70 bits per heavy atom. The lowest BCUT2D eigenvalue weighted by atomic mass is 10.0. The van der Waals surface area contributed by atoms with E-state index < -0.39 is 30.0 Å². The number of hydrogen-bond acceptors (Lipinski definition) is 6. The number of fused-ring (bicyclic) bond motifs is 1. The molecule has 4 rings (SSSR count). The maximum absolute atomic E-state index is 13.7. The first kappa shape index (κ1) is 19.9. The van der Waals surface area contributed by atoms with Gasteiger partial charge in [0.25, 0.3) is 0 Å². The maximum Gasteiger partial charge on any atom is 0.312 e. The predicted octanol–water partition coefficient (Wildman–Crippen LogP) is 2.76. The van der Waals surface area contributed by atoms with E-state index in [1.807, 2.05) is 17.5 Å². The summed E-state index contributed by atoms with van der Waals surface area (Å²) in [6.07, 6.45) is 2.23. The Kier molecular flexibility index (Phi) is 5.66. The summed E-state index contributed by atoms with van der Waals surface area (Å²) < 4.78 is 27.4. The first-order valence-corrected chi connectivity index (χ1v) is 10.0. The van der Waals surface area contributed by atoms with Crippen molar-refractivity contribution in [3.05, 3.63) is 70.4 Å². The average molecular weight is 429 g/mol. The fourth-order valence-electron chi connectivity index (χ4n) is 3.14. The normalized spacial score (nSPS) is 12.9. The highest BCUT2D eigenvalue weighted by atomic mass is 32.1. The topological polar surface area (TPSA) is 87.2 Å². The number of pyridine rings is 1. The van der Waals surface area contributed by atoms with Crippen LogP contribution in [0, 0.1) is 11.6 Å². The number of amides is 2. The standard InChI is InChI=1S/C20H17F2N5O2S/c21-14-2-1-3-15(22)13(14)10-24-18(28)19(29)27-8-6-12-4-5-17(25-16(12)11-27)26-20-23-7-9-30-20/h1-5,7,9H,6,8,10-11H2,(H,24,28)(H,23,25,26). The Bertz CT molecular complexity index is 1070. The number of halogens is 2. The molecule has 0 fully saturated rings. The van der Waals surface area contributed by atoms with Crippen molar-refractivity contribution in [1.29, 1.82) is 0 Å². The van der Waals surface area contributed by atoms with Gasteiger partial charge in [-0.05, 0) is 30.2 Å². The summed E-state index contributed by atoms with van der Waals surface area (Å²) in [5, 5.41) is 7.93. The van der Waals surface area contributed by atoms with Crippen LogP contribution in [0.5, 0.6) is 0 Å². The van der Waals surface area contributed by atoms with E-state index in [9.17, 15) is 18.4 Å². The van der Waals surface area contributed by atoms with Crippen molar-refractivity contribution in [2.75, 3.05) is 11.9 Å². The summed E-state index contributed by atoms with van der Waals surface area (Å²) in [4.78, 5) is 34.8. The summed E-state index contributed by atoms with van der Waals surface area (Å²) in [5.74, 6) is -2.65. The molecule has 0 saturated carbocycles. The molecule has 0 spiro atoms. The first-order valence-electron chi connectivity index (χ1n) is 9.16. The molecular formula is C20H17F2N5O2S. The zero-order valence-corrected chi connectivity index (χ0v) is 16.5. The van der Waals surface area contributed by atoms with Gasteiger partial charge in [0, 0.05) is 30.2 Å². The molecule has 30 heavy (non-hydrogen) atoms. The Morgan fingerprint density at radius 2 is 1.97 bits per heavy atom. The smallest absolute Gasteiger partial charge is 0.312 e. The molecule has 0 bridgehead atoms. The molecule has 2 amide bonds. The number of aromatic nitrogens is 2. The van der Waals surface area contributed by atoms with Gasteiger partial charge in [0.1, 0.15) is 17.5 Å². The number of hydrogen-bond donors (Lipinski definition) is 2. The SMILES string of the molecule is O=C(NCc1c(F)cccc1F)C(=O)N1CCc2ccc(Nc3nccs3)nc2C1. The molecule has 2 N–H and O–H groups in total. The third-order valence-corrected chi connectivity index (χ3v) is 5.38. The van der Waals surface area contributed by atoms with E-state index in [-0.39, 0.29) is 12.1 Å². The number of thiazole rings is 1. The highest BCUT2D eigenvalue weighted by Crippen LogP contribution is 2.22. The molecule has 0 unspecified atom stereocenters. The number of carbonyl (C=O) groups excluding carboxylic acids is 2. The third kappa shape index (κ3) is 4.28. The van der Waals surface area contributed by atoms with Crippen LogP contribution in [-0.2, 0) is 29.1 Å². The number of carbonyl (C=O) groups is 2. The summed E-state index contributed by atoms with van der Waals surface area (Å²) >= 11 is 1.44. The van der Waals surface area contributed by atoms with Crippen molar-refractivity contribution >= 4 is 34.1 Å². The number of nitrogens with one attached hydrogen (secondary N) is 2. The molecule has 3 heterocycles. The monoisotopic (exact) mass is 429 g/mol. The highest BCUT2D eigenvalue weighted by molar-refractivity contribution is 7.13. The van der Waals surface area contributed by atoms with Gasteiger partial charge < -0.3 is 15.5 Å². The van der Waals surface area contributed by atoms with Crippen LogP contribution < -0.4 is 10.6 Å². The van der Waals surface area contributed by atoms with Gasteiger partial charge in [-0.15, -0.1) is 11.3 Å². The van der Waals surface area contributed by atoms with Gasteiger partial charge in [0.15, 0.2) is 5.13 Å². The van der Waals surface area contributed by atoms with Crippen LogP contribution in [-0.4, -0.2) is 33.2 Å². The van der Waals surface area contributed by atoms with Crippen LogP contribution in [0.25, 0.3) is 0 Å². The van der Waals surface area contributed by atoms with E-state index in [1.54, 1.807) is 6.20 Å². The van der Waals surface area contributed by atoms with E-state index in [0.29, 0.717) is 29.6 Å². The largest absolute Gasteiger partial charge is 0.344 e. The van der Waals surface area contributed by atoms with Crippen molar-refractivity contribution in [3.63, 3.8) is 0 Å². The Balaban J connectivity index is 1.40. The molecule has 154 valence electrons. The minimum absolute atomic E-state index is 0.170. The van der Waals surface area contributed by atoms with E-state index in [4.69, 9.17) is 0 Å². The first-order chi connectivity index (χ1) is 14.5. The molecule has 7 nitrogen and oxygen atoms in total. The van der Waals surface area contributed by atoms with Crippen LogP contribution >= 0.6 is 11.3 Å². The predicted molar refractivity (Wildman–Crippen MR) is 107 cm³/mol. The molecule has 1 aliphatic heterocycles. The van der Waals surface area contributed by atoms with Gasteiger partial charge in [-0.1, -0.05) is 12.1 Å². The summed E-state index contributed by atoms with van der Waals surface area (Å²) in [7, 11) is 0. The second-order valence-corrected chi connectivity index (χ2v) is 7.52. The zero-order chi connectivity index (χ0) is 21.1. The zero-order valence-electron chi connectivity index (χ0n) is 15.7. The van der Waals surface area contributed by atoms with Crippen molar-refractivity contribution in [2.24, 2.45) is 0 Å². The average Bonchev–Trinajstić information content (AvgIpc) is 3.25. The number of nitrogens with zero attached hydrogens (tertiary/aromatic N) is 3. The number of rotatable bonds is 4. The Hall–Kier alpha value is -3.40. The van der Waals surface area contributed by atoms with E-state index in [1.165, 1.54) is 22.3 Å². The van der Waals surface area contributed by atoms with Crippen LogP contribution in [0.3, 0.4) is 0 Å². The van der Waals surface area contributed by atoms with Crippen molar-refractivity contribution < 1.29 is 18.4 Å². The number of benzene rings is 1. The van der Waals surface area contributed by atoms with Crippen LogP contribution in [0.4, 0.5) is 19.7 Å². The second kappa shape index (κ2) is 8.54. The molecule has 0 saturated heterocycles. The van der Waals surface area contributed by atoms with Crippen LogP contribution in [0.15, 0.2) is 41.9 Å². The fraction of sp³-hybridized carbons (Fsp3) is 0.200. The molecule has 3 aromatic rings. The van der Waals surface area contributed by atoms with Crippen LogP contribution in [0.1, 0.15) is 16.8 Å². The molecule has 10 heteroatoms. The van der Waals surface area contributed by atoms with Gasteiger partial charge in [0.2, 0.25) is 0 Å². The molecule has 1 aliphatic rings. The molecule has 0 atom stereocenters. The van der Waals surface area contributed by atoms with Crippen molar-refractivity contribution in [1.82, 2.24) is 20.2 Å². The quantitative estimate of drug-likeness (QED) is 0.623. The lowest BCUT2D eigenvalue weighted by molar-refractivity contribution is -0.146. The lowest BCUT2D eigenvalue weighted by Crippen LogP contribution is -2.45. The second-order valence-electron chi connectivity index (χ2n) is 6.62. The van der Waals surface area contributed by atoms with Crippen molar-refractivity contribution in [2.45, 2.75) is 19.5 Å². The van der Waals surface area contributed by atoms with Gasteiger partial charge in [-0.2, -0.15) is 0 Å². The Morgan fingerprint density at radius 1 is 1.17 bits per heavy atom. The summed E-state index contributed by atoms with van der Waals surface area (Å²) in [5.41, 5.74) is 1.39. The number of anilines is 2.